The van der Waals surface area contributed by atoms with Crippen LogP contribution in [0.3, 0.4) is 0 Å². The second-order valence-corrected chi connectivity index (χ2v) is 6.80. The Kier molecular flexibility index (Phi) is 5.81. The van der Waals surface area contributed by atoms with Crippen molar-refractivity contribution in [3.05, 3.63) is 82.7 Å². The molecule has 0 aliphatic heterocycles. The van der Waals surface area contributed by atoms with Crippen LogP contribution in [-0.2, 0) is 0 Å². The normalized spacial score (nSPS) is 10.6. The number of carbonyl (C=O) groups is 1. The van der Waals surface area contributed by atoms with E-state index < -0.39 is 5.97 Å². The Bertz CT molecular complexity index is 1350. The lowest BCUT2D eigenvalue weighted by atomic mass is 10.0. The molecule has 1 aromatic heterocycles. The predicted molar refractivity (Wildman–Crippen MR) is 119 cm³/mol. The van der Waals surface area contributed by atoms with Crippen LogP contribution in [-0.4, -0.2) is 27.3 Å². The van der Waals surface area contributed by atoms with Crippen molar-refractivity contribution in [2.45, 2.75) is 0 Å². The second-order valence-electron chi connectivity index (χ2n) is 6.80. The van der Waals surface area contributed by atoms with Gasteiger partial charge in [0, 0.05) is 11.6 Å². The van der Waals surface area contributed by atoms with E-state index in [1.54, 1.807) is 43.5 Å². The molecule has 7 nitrogen and oxygen atoms in total. The number of esters is 1. The molecule has 3 aromatic carbocycles. The number of hydrogen-bond donors (Lipinski definition) is 0. The number of rotatable bonds is 6. The van der Waals surface area contributed by atoms with Crippen LogP contribution in [0.1, 0.15) is 10.4 Å². The van der Waals surface area contributed by atoms with Crippen molar-refractivity contribution in [1.29, 1.82) is 0 Å². The molecule has 4 rings (SSSR count). The van der Waals surface area contributed by atoms with Gasteiger partial charge in [0.25, 0.3) is 0 Å². The fourth-order valence-electron chi connectivity index (χ4n) is 3.35. The first kappa shape index (κ1) is 21.0. The Hall–Kier alpha value is -4.26. The van der Waals surface area contributed by atoms with Crippen molar-refractivity contribution in [1.82, 2.24) is 0 Å². The van der Waals surface area contributed by atoms with Gasteiger partial charge < -0.3 is 23.4 Å². The maximum Gasteiger partial charge on any atom is 0.343 e. The van der Waals surface area contributed by atoms with Gasteiger partial charge in [-0.15, -0.1) is 0 Å². The van der Waals surface area contributed by atoms with Crippen molar-refractivity contribution in [2.75, 3.05) is 21.3 Å². The zero-order chi connectivity index (χ0) is 22.7. The van der Waals surface area contributed by atoms with Gasteiger partial charge in [0.15, 0.2) is 11.5 Å². The van der Waals surface area contributed by atoms with Gasteiger partial charge in [-0.3, -0.25) is 4.79 Å². The molecular weight excluding hydrogens is 412 g/mol. The number of fused-ring (bicyclic) bond motifs is 1. The Morgan fingerprint density at radius 1 is 0.781 bits per heavy atom. The molecule has 32 heavy (non-hydrogen) atoms. The standard InChI is InChI=1S/C25H20O7/c1-28-20-7-5-4-6-17(20)19-14-31-22-13-16(9-10-18(22)24(19)26)32-25(27)15-8-11-21(29-2)23(12-15)30-3/h4-14H,1-3H3. The van der Waals surface area contributed by atoms with Gasteiger partial charge in [0.1, 0.15) is 23.3 Å². The lowest BCUT2D eigenvalue weighted by Gasteiger charge is -2.10. The van der Waals surface area contributed by atoms with E-state index >= 15 is 0 Å². The fraction of sp³-hybridized carbons (Fsp3) is 0.120. The van der Waals surface area contributed by atoms with Crippen LogP contribution in [0.25, 0.3) is 22.1 Å². The average molecular weight is 432 g/mol. The molecule has 4 aromatic rings. The first-order chi connectivity index (χ1) is 15.5. The summed E-state index contributed by atoms with van der Waals surface area (Å²) in [6.07, 6.45) is 1.38. The molecule has 162 valence electrons. The third kappa shape index (κ3) is 3.88. The van der Waals surface area contributed by atoms with Gasteiger partial charge in [0.2, 0.25) is 5.43 Å². The maximum atomic E-state index is 13.0. The van der Waals surface area contributed by atoms with E-state index in [1.165, 1.54) is 32.6 Å². The van der Waals surface area contributed by atoms with Gasteiger partial charge in [-0.2, -0.15) is 0 Å². The van der Waals surface area contributed by atoms with E-state index in [0.717, 1.165) is 0 Å². The minimum atomic E-state index is -0.585. The average Bonchev–Trinajstić information content (AvgIpc) is 2.83. The van der Waals surface area contributed by atoms with Crippen molar-refractivity contribution >= 4 is 16.9 Å². The van der Waals surface area contributed by atoms with Crippen LogP contribution in [0, 0.1) is 0 Å². The quantitative estimate of drug-likeness (QED) is 0.322. The smallest absolute Gasteiger partial charge is 0.343 e. The van der Waals surface area contributed by atoms with Crippen molar-refractivity contribution in [3.8, 4) is 34.1 Å². The number of ether oxygens (including phenoxy) is 4. The molecule has 0 spiro atoms. The third-order valence-electron chi connectivity index (χ3n) is 4.97. The van der Waals surface area contributed by atoms with Crippen LogP contribution < -0.4 is 24.4 Å². The molecule has 7 heteroatoms. The highest BCUT2D eigenvalue weighted by molar-refractivity contribution is 5.92. The summed E-state index contributed by atoms with van der Waals surface area (Å²) in [6.45, 7) is 0. The highest BCUT2D eigenvalue weighted by Crippen LogP contribution is 2.30. The summed E-state index contributed by atoms with van der Waals surface area (Å²) in [4.78, 5) is 25.6. The van der Waals surface area contributed by atoms with Crippen molar-refractivity contribution in [3.63, 3.8) is 0 Å². The molecule has 0 amide bonds. The molecule has 0 fully saturated rings. The predicted octanol–water partition coefficient (Wildman–Crippen LogP) is 4.71. The lowest BCUT2D eigenvalue weighted by molar-refractivity contribution is 0.0734. The van der Waals surface area contributed by atoms with E-state index in [2.05, 4.69) is 0 Å². The SMILES string of the molecule is COc1ccc(C(=O)Oc2ccc3c(=O)c(-c4ccccc4OC)coc3c2)cc1OC. The molecule has 0 saturated heterocycles. The van der Waals surface area contributed by atoms with Gasteiger partial charge in [-0.05, 0) is 36.4 Å². The summed E-state index contributed by atoms with van der Waals surface area (Å²) in [5.41, 5.74) is 1.38. The molecular formula is C25H20O7. The summed E-state index contributed by atoms with van der Waals surface area (Å²) < 4.78 is 26.9. The van der Waals surface area contributed by atoms with Crippen LogP contribution >= 0.6 is 0 Å². The largest absolute Gasteiger partial charge is 0.496 e. The van der Waals surface area contributed by atoms with E-state index in [-0.39, 0.29) is 16.7 Å². The van der Waals surface area contributed by atoms with E-state index in [9.17, 15) is 9.59 Å². The van der Waals surface area contributed by atoms with Gasteiger partial charge >= 0.3 is 5.97 Å². The molecule has 0 aliphatic carbocycles. The van der Waals surface area contributed by atoms with Crippen LogP contribution in [0.15, 0.2) is 76.1 Å². The third-order valence-corrected chi connectivity index (χ3v) is 4.97. The number of carbonyl (C=O) groups excluding carboxylic acids is 1. The van der Waals surface area contributed by atoms with E-state index in [4.69, 9.17) is 23.4 Å². The maximum absolute atomic E-state index is 13.0. The molecule has 0 atom stereocenters. The van der Waals surface area contributed by atoms with Crippen LogP contribution in [0.4, 0.5) is 0 Å². The van der Waals surface area contributed by atoms with E-state index in [1.807, 2.05) is 12.1 Å². The number of hydrogen-bond acceptors (Lipinski definition) is 7. The highest BCUT2D eigenvalue weighted by Gasteiger charge is 2.16. The van der Waals surface area contributed by atoms with Crippen molar-refractivity contribution < 1.29 is 28.2 Å². The molecule has 0 bridgehead atoms. The monoisotopic (exact) mass is 432 g/mol. The summed E-state index contributed by atoms with van der Waals surface area (Å²) in [5, 5.41) is 0.360. The molecule has 0 unspecified atom stereocenters. The first-order valence-electron chi connectivity index (χ1n) is 9.69. The minimum Gasteiger partial charge on any atom is -0.496 e. The highest BCUT2D eigenvalue weighted by atomic mass is 16.5. The van der Waals surface area contributed by atoms with Crippen molar-refractivity contribution in [2.24, 2.45) is 0 Å². The van der Waals surface area contributed by atoms with E-state index in [0.29, 0.717) is 39.3 Å². The molecule has 0 radical (unpaired) electrons. The molecule has 0 N–H and O–H groups in total. The Morgan fingerprint density at radius 2 is 1.53 bits per heavy atom. The molecule has 1 heterocycles. The minimum absolute atomic E-state index is 0.214. The topological polar surface area (TPSA) is 84.2 Å². The molecule has 0 aliphatic rings. The summed E-state index contributed by atoms with van der Waals surface area (Å²) in [5.74, 6) is 1.14. The molecule has 0 saturated carbocycles. The van der Waals surface area contributed by atoms with Crippen LogP contribution in [0.5, 0.6) is 23.0 Å². The zero-order valence-electron chi connectivity index (χ0n) is 17.7. The Morgan fingerprint density at radius 3 is 2.28 bits per heavy atom. The fourth-order valence-corrected chi connectivity index (χ4v) is 3.35. The lowest BCUT2D eigenvalue weighted by Crippen LogP contribution is -2.10. The van der Waals surface area contributed by atoms with Gasteiger partial charge in [-0.1, -0.05) is 18.2 Å². The number of methoxy groups -OCH3 is 3. The Labute approximate surface area is 183 Å². The number of para-hydroxylation sites is 1. The Balaban J connectivity index is 1.65. The first-order valence-corrected chi connectivity index (χ1v) is 9.69. The van der Waals surface area contributed by atoms with Gasteiger partial charge in [-0.25, -0.2) is 4.79 Å². The van der Waals surface area contributed by atoms with Gasteiger partial charge in [0.05, 0.1) is 37.8 Å². The zero-order valence-corrected chi connectivity index (χ0v) is 17.7. The number of benzene rings is 3. The summed E-state index contributed by atoms with van der Waals surface area (Å²) in [6, 6.07) is 16.5. The second kappa shape index (κ2) is 8.85. The van der Waals surface area contributed by atoms with Crippen LogP contribution in [0.2, 0.25) is 0 Å². The summed E-state index contributed by atoms with van der Waals surface area (Å²) >= 11 is 0. The summed E-state index contributed by atoms with van der Waals surface area (Å²) in [7, 11) is 4.54.